The Kier molecular flexibility index (Phi) is 7.16. The molecule has 9 heteroatoms. The van der Waals surface area contributed by atoms with Crippen molar-refractivity contribution in [3.8, 4) is 10.6 Å². The van der Waals surface area contributed by atoms with Crippen LogP contribution in [-0.4, -0.2) is 35.5 Å². The Bertz CT molecular complexity index is 819. The molecule has 2 heterocycles. The summed E-state index contributed by atoms with van der Waals surface area (Å²) in [5, 5.41) is 11.6. The minimum atomic E-state index is -0.647. The molecule has 0 radical (unpaired) electrons. The van der Waals surface area contributed by atoms with E-state index in [1.54, 1.807) is 16.7 Å². The number of thiophene rings is 1. The van der Waals surface area contributed by atoms with Crippen molar-refractivity contribution in [3.05, 3.63) is 27.9 Å². The van der Waals surface area contributed by atoms with E-state index in [2.05, 4.69) is 22.5 Å². The van der Waals surface area contributed by atoms with Gasteiger partial charge in [0.1, 0.15) is 5.01 Å². The molecule has 7 nitrogen and oxygen atoms in total. The standard InChI is InChI=1S/C19H23N3O4S2/c1-12-4-2-3-5-15(12)21-19(25)22-16(23)9-26-17(24)8-14-11-28-18(20-14)13-6-7-27-10-13/h6-7,10-12,15H,2-5,8-9H2,1H3,(H2,21,22,23,25)/t12-,15+/m0/s1. The van der Waals surface area contributed by atoms with Gasteiger partial charge in [0.25, 0.3) is 5.91 Å². The Morgan fingerprint density at radius 2 is 2.07 bits per heavy atom. The van der Waals surface area contributed by atoms with E-state index < -0.39 is 24.5 Å². The van der Waals surface area contributed by atoms with Crippen molar-refractivity contribution in [1.29, 1.82) is 0 Å². The molecule has 0 aliphatic heterocycles. The summed E-state index contributed by atoms with van der Waals surface area (Å²) < 4.78 is 4.96. The normalized spacial score (nSPS) is 19.0. The highest BCUT2D eigenvalue weighted by atomic mass is 32.1. The third-order valence-electron chi connectivity index (χ3n) is 4.69. The summed E-state index contributed by atoms with van der Waals surface area (Å²) in [5.74, 6) is -0.810. The molecule has 1 fully saturated rings. The summed E-state index contributed by atoms with van der Waals surface area (Å²) in [4.78, 5) is 40.1. The van der Waals surface area contributed by atoms with Crippen molar-refractivity contribution in [2.75, 3.05) is 6.61 Å². The molecule has 0 bridgehead atoms. The van der Waals surface area contributed by atoms with Crippen LogP contribution in [0, 0.1) is 5.92 Å². The third-order valence-corrected chi connectivity index (χ3v) is 6.31. The number of urea groups is 1. The molecule has 0 saturated heterocycles. The van der Waals surface area contributed by atoms with Crippen LogP contribution < -0.4 is 10.6 Å². The van der Waals surface area contributed by atoms with Gasteiger partial charge in [-0.2, -0.15) is 11.3 Å². The van der Waals surface area contributed by atoms with Gasteiger partial charge in [-0.15, -0.1) is 11.3 Å². The Morgan fingerprint density at radius 3 is 2.82 bits per heavy atom. The van der Waals surface area contributed by atoms with E-state index in [1.807, 2.05) is 16.8 Å². The summed E-state index contributed by atoms with van der Waals surface area (Å²) in [5.41, 5.74) is 1.62. The van der Waals surface area contributed by atoms with Crippen LogP contribution in [0.3, 0.4) is 0 Å². The van der Waals surface area contributed by atoms with Crippen molar-refractivity contribution >= 4 is 40.6 Å². The number of amides is 3. The highest BCUT2D eigenvalue weighted by molar-refractivity contribution is 7.14. The van der Waals surface area contributed by atoms with Crippen LogP contribution in [0.15, 0.2) is 22.2 Å². The zero-order valence-corrected chi connectivity index (χ0v) is 17.2. The minimum Gasteiger partial charge on any atom is -0.455 e. The molecule has 3 rings (SSSR count). The smallest absolute Gasteiger partial charge is 0.321 e. The van der Waals surface area contributed by atoms with Crippen LogP contribution in [0.25, 0.3) is 10.6 Å². The number of thiazole rings is 1. The van der Waals surface area contributed by atoms with Crippen LogP contribution >= 0.6 is 22.7 Å². The van der Waals surface area contributed by atoms with Gasteiger partial charge in [0.05, 0.1) is 12.1 Å². The number of nitrogens with one attached hydrogen (secondary N) is 2. The van der Waals surface area contributed by atoms with E-state index >= 15 is 0 Å². The minimum absolute atomic E-state index is 0.0142. The molecule has 2 atom stereocenters. The first-order chi connectivity index (χ1) is 13.5. The fourth-order valence-electron chi connectivity index (χ4n) is 3.15. The zero-order valence-electron chi connectivity index (χ0n) is 15.6. The zero-order chi connectivity index (χ0) is 19.9. The fraction of sp³-hybridized carbons (Fsp3) is 0.474. The number of carbonyl (C=O) groups is 3. The topological polar surface area (TPSA) is 97.4 Å². The maximum atomic E-state index is 11.9. The van der Waals surface area contributed by atoms with Crippen molar-refractivity contribution in [3.63, 3.8) is 0 Å². The van der Waals surface area contributed by atoms with Crippen LogP contribution in [-0.2, 0) is 20.7 Å². The fourth-order valence-corrected chi connectivity index (χ4v) is 4.68. The van der Waals surface area contributed by atoms with E-state index in [0.29, 0.717) is 11.6 Å². The van der Waals surface area contributed by atoms with Gasteiger partial charge in [0, 0.05) is 22.4 Å². The maximum Gasteiger partial charge on any atom is 0.321 e. The number of rotatable bonds is 6. The molecule has 28 heavy (non-hydrogen) atoms. The molecular weight excluding hydrogens is 398 g/mol. The van der Waals surface area contributed by atoms with Gasteiger partial charge < -0.3 is 10.1 Å². The first-order valence-corrected chi connectivity index (χ1v) is 11.1. The number of hydrogen-bond acceptors (Lipinski definition) is 7. The molecule has 1 aliphatic carbocycles. The van der Waals surface area contributed by atoms with Crippen LogP contribution in [0.5, 0.6) is 0 Å². The lowest BCUT2D eigenvalue weighted by atomic mass is 9.86. The largest absolute Gasteiger partial charge is 0.455 e. The number of imide groups is 1. The second-order valence-corrected chi connectivity index (χ2v) is 8.52. The molecule has 1 aliphatic rings. The van der Waals surface area contributed by atoms with E-state index in [-0.39, 0.29) is 12.5 Å². The molecule has 150 valence electrons. The third kappa shape index (κ3) is 5.87. The van der Waals surface area contributed by atoms with Crippen molar-refractivity contribution in [2.24, 2.45) is 5.92 Å². The Morgan fingerprint density at radius 1 is 1.25 bits per heavy atom. The van der Waals surface area contributed by atoms with Crippen molar-refractivity contribution in [1.82, 2.24) is 15.6 Å². The number of hydrogen-bond donors (Lipinski definition) is 2. The predicted molar refractivity (Wildman–Crippen MR) is 108 cm³/mol. The second kappa shape index (κ2) is 9.79. The van der Waals surface area contributed by atoms with Gasteiger partial charge in [-0.3, -0.25) is 14.9 Å². The Labute approximate surface area is 171 Å². The van der Waals surface area contributed by atoms with Gasteiger partial charge in [-0.25, -0.2) is 9.78 Å². The maximum absolute atomic E-state index is 11.9. The SMILES string of the molecule is C[C@H]1CCCC[C@H]1NC(=O)NC(=O)COC(=O)Cc1csc(-c2ccsc2)n1. The monoisotopic (exact) mass is 421 g/mol. The molecule has 2 aromatic rings. The van der Waals surface area contributed by atoms with Gasteiger partial charge in [0.15, 0.2) is 6.61 Å². The Hall–Kier alpha value is -2.26. The van der Waals surface area contributed by atoms with Crippen LogP contribution in [0.4, 0.5) is 4.79 Å². The first-order valence-electron chi connectivity index (χ1n) is 9.24. The molecule has 1 saturated carbocycles. The van der Waals surface area contributed by atoms with E-state index in [4.69, 9.17) is 4.74 Å². The molecule has 0 spiro atoms. The Balaban J connectivity index is 1.38. The second-order valence-electron chi connectivity index (χ2n) is 6.88. The predicted octanol–water partition coefficient (Wildman–Crippen LogP) is 3.36. The number of esters is 1. The van der Waals surface area contributed by atoms with Crippen molar-refractivity contribution in [2.45, 2.75) is 45.1 Å². The quantitative estimate of drug-likeness (QED) is 0.697. The molecule has 0 unspecified atom stereocenters. The lowest BCUT2D eigenvalue weighted by Gasteiger charge is -2.29. The highest BCUT2D eigenvalue weighted by Crippen LogP contribution is 2.26. The summed E-state index contributed by atoms with van der Waals surface area (Å²) in [7, 11) is 0. The van der Waals surface area contributed by atoms with Crippen molar-refractivity contribution < 1.29 is 19.1 Å². The average molecular weight is 422 g/mol. The lowest BCUT2D eigenvalue weighted by Crippen LogP contribution is -2.48. The number of carbonyl (C=O) groups excluding carboxylic acids is 3. The molecule has 2 aromatic heterocycles. The van der Waals surface area contributed by atoms with E-state index in [0.717, 1.165) is 29.8 Å². The molecule has 0 aromatic carbocycles. The van der Waals surface area contributed by atoms with E-state index in [9.17, 15) is 14.4 Å². The van der Waals surface area contributed by atoms with Gasteiger partial charge in [-0.1, -0.05) is 19.8 Å². The summed E-state index contributed by atoms with van der Waals surface area (Å²) >= 11 is 3.04. The number of aromatic nitrogens is 1. The van der Waals surface area contributed by atoms with Crippen LogP contribution in [0.1, 0.15) is 38.3 Å². The lowest BCUT2D eigenvalue weighted by molar-refractivity contribution is -0.147. The highest BCUT2D eigenvalue weighted by Gasteiger charge is 2.23. The van der Waals surface area contributed by atoms with Gasteiger partial charge in [-0.05, 0) is 30.2 Å². The number of nitrogens with zero attached hydrogens (tertiary/aromatic N) is 1. The summed E-state index contributed by atoms with van der Waals surface area (Å²) in [6.07, 6.45) is 4.22. The molecular formula is C19H23N3O4S2. The number of ether oxygens (including phenoxy) is 1. The van der Waals surface area contributed by atoms with Crippen LogP contribution in [0.2, 0.25) is 0 Å². The van der Waals surface area contributed by atoms with E-state index in [1.165, 1.54) is 17.8 Å². The van der Waals surface area contributed by atoms with Gasteiger partial charge in [0.2, 0.25) is 0 Å². The summed E-state index contributed by atoms with van der Waals surface area (Å²) in [6, 6.07) is 1.50. The molecule has 3 amide bonds. The molecule has 2 N–H and O–H groups in total. The summed E-state index contributed by atoms with van der Waals surface area (Å²) in [6.45, 7) is 1.60. The van der Waals surface area contributed by atoms with Gasteiger partial charge >= 0.3 is 12.0 Å². The average Bonchev–Trinajstić information content (AvgIpc) is 3.33. The first kappa shape index (κ1) is 20.5.